The molecule has 0 radical (unpaired) electrons. The number of urea groups is 1. The van der Waals surface area contributed by atoms with E-state index in [-0.39, 0.29) is 11.5 Å². The molecule has 1 aromatic carbocycles. The standard InChI is InChI=1S/C13H15ClN2O4/c1-7(2)10(11(17)16-13(15)19)20-12(18)8-3-5-9(14)6-4-8/h3-7,10H,1-2H3,(H3,15,16,17,19)/t10-/m1/s1. The van der Waals surface area contributed by atoms with E-state index in [0.717, 1.165) is 0 Å². The monoisotopic (exact) mass is 298 g/mol. The number of nitrogens with two attached hydrogens (primary N) is 1. The maximum atomic E-state index is 11.9. The summed E-state index contributed by atoms with van der Waals surface area (Å²) in [6.45, 7) is 3.36. The number of esters is 1. The summed E-state index contributed by atoms with van der Waals surface area (Å²) in [6.07, 6.45) is -1.11. The van der Waals surface area contributed by atoms with Gasteiger partial charge in [0, 0.05) is 5.02 Å². The van der Waals surface area contributed by atoms with Crippen molar-refractivity contribution >= 4 is 29.5 Å². The molecule has 3 amide bonds. The van der Waals surface area contributed by atoms with Crippen LogP contribution in [0.25, 0.3) is 0 Å². The lowest BCUT2D eigenvalue weighted by molar-refractivity contribution is -0.130. The molecule has 1 atom stereocenters. The van der Waals surface area contributed by atoms with E-state index in [1.807, 2.05) is 5.32 Å². The Labute approximate surface area is 121 Å². The Bertz CT molecular complexity index is 514. The van der Waals surface area contributed by atoms with Crippen molar-refractivity contribution < 1.29 is 19.1 Å². The van der Waals surface area contributed by atoms with Crippen molar-refractivity contribution in [3.8, 4) is 0 Å². The summed E-state index contributed by atoms with van der Waals surface area (Å²) in [6, 6.07) is 5.03. The number of hydrogen-bond donors (Lipinski definition) is 2. The van der Waals surface area contributed by atoms with Crippen LogP contribution in [0.3, 0.4) is 0 Å². The molecule has 0 saturated heterocycles. The molecule has 0 aliphatic rings. The zero-order chi connectivity index (χ0) is 15.3. The second kappa shape index (κ2) is 6.91. The molecule has 3 N–H and O–H groups in total. The first kappa shape index (κ1) is 16.0. The molecule has 6 nitrogen and oxygen atoms in total. The first-order valence-electron chi connectivity index (χ1n) is 5.88. The second-order valence-corrected chi connectivity index (χ2v) is 4.87. The highest BCUT2D eigenvalue weighted by Gasteiger charge is 2.27. The van der Waals surface area contributed by atoms with Gasteiger partial charge >= 0.3 is 12.0 Å². The summed E-state index contributed by atoms with van der Waals surface area (Å²) in [5.41, 5.74) is 5.12. The van der Waals surface area contributed by atoms with E-state index < -0.39 is 24.0 Å². The molecule has 0 saturated carbocycles. The van der Waals surface area contributed by atoms with Crippen molar-refractivity contribution in [1.82, 2.24) is 5.32 Å². The number of rotatable bonds is 4. The predicted molar refractivity (Wildman–Crippen MR) is 73.2 cm³/mol. The molecule has 0 aromatic heterocycles. The topological polar surface area (TPSA) is 98.5 Å². The minimum absolute atomic E-state index is 0.256. The van der Waals surface area contributed by atoms with Crippen molar-refractivity contribution in [3.63, 3.8) is 0 Å². The minimum atomic E-state index is -1.11. The highest BCUT2D eigenvalue weighted by Crippen LogP contribution is 2.14. The summed E-state index contributed by atoms with van der Waals surface area (Å²) >= 11 is 5.71. The van der Waals surface area contributed by atoms with Crippen LogP contribution in [0, 0.1) is 5.92 Å². The van der Waals surface area contributed by atoms with Crippen LogP contribution in [-0.2, 0) is 9.53 Å². The largest absolute Gasteiger partial charge is 0.448 e. The molecule has 0 bridgehead atoms. The number of hydrogen-bond acceptors (Lipinski definition) is 4. The number of ether oxygens (including phenoxy) is 1. The van der Waals surface area contributed by atoms with E-state index in [1.165, 1.54) is 24.3 Å². The van der Waals surface area contributed by atoms with Crippen LogP contribution in [-0.4, -0.2) is 24.0 Å². The number of primary amides is 1. The SMILES string of the molecule is CC(C)[C@@H](OC(=O)c1ccc(Cl)cc1)C(=O)NC(N)=O. The van der Waals surface area contributed by atoms with Crippen LogP contribution in [0.1, 0.15) is 24.2 Å². The van der Waals surface area contributed by atoms with Gasteiger partial charge in [-0.05, 0) is 30.2 Å². The average Bonchev–Trinajstić information content (AvgIpc) is 2.35. The highest BCUT2D eigenvalue weighted by atomic mass is 35.5. The third-order valence-electron chi connectivity index (χ3n) is 2.42. The second-order valence-electron chi connectivity index (χ2n) is 4.43. The third-order valence-corrected chi connectivity index (χ3v) is 2.68. The van der Waals surface area contributed by atoms with E-state index in [9.17, 15) is 14.4 Å². The van der Waals surface area contributed by atoms with Crippen LogP contribution in [0.15, 0.2) is 24.3 Å². The Kier molecular flexibility index (Phi) is 5.52. The molecule has 0 unspecified atom stereocenters. The zero-order valence-corrected chi connectivity index (χ0v) is 11.8. The minimum Gasteiger partial charge on any atom is -0.448 e. The van der Waals surface area contributed by atoms with E-state index in [2.05, 4.69) is 0 Å². The Hall–Kier alpha value is -2.08. The molecular formula is C13H15ClN2O4. The maximum absolute atomic E-state index is 11.9. The van der Waals surface area contributed by atoms with Crippen molar-refractivity contribution in [2.45, 2.75) is 20.0 Å². The van der Waals surface area contributed by atoms with Crippen LogP contribution in [0.5, 0.6) is 0 Å². The molecule has 1 aromatic rings. The molecule has 7 heteroatoms. The predicted octanol–water partition coefficient (Wildman–Crippen LogP) is 1.72. The molecular weight excluding hydrogens is 284 g/mol. The molecule has 20 heavy (non-hydrogen) atoms. The fourth-order valence-corrected chi connectivity index (χ4v) is 1.58. The molecule has 1 rings (SSSR count). The van der Waals surface area contributed by atoms with E-state index in [1.54, 1.807) is 13.8 Å². The van der Waals surface area contributed by atoms with Gasteiger partial charge in [-0.2, -0.15) is 0 Å². The van der Waals surface area contributed by atoms with Crippen molar-refractivity contribution in [1.29, 1.82) is 0 Å². The fourth-order valence-electron chi connectivity index (χ4n) is 1.45. The number of carbonyl (C=O) groups is 3. The number of carbonyl (C=O) groups excluding carboxylic acids is 3. The van der Waals surface area contributed by atoms with E-state index in [4.69, 9.17) is 22.1 Å². The molecule has 0 fully saturated rings. The lowest BCUT2D eigenvalue weighted by atomic mass is 10.1. The molecule has 0 aliphatic heterocycles. The summed E-state index contributed by atoms with van der Waals surface area (Å²) in [4.78, 5) is 34.3. The summed E-state index contributed by atoms with van der Waals surface area (Å²) < 4.78 is 5.10. The molecule has 0 aliphatic carbocycles. The Balaban J connectivity index is 2.80. The summed E-state index contributed by atoms with van der Waals surface area (Å²) in [5.74, 6) is -1.75. The van der Waals surface area contributed by atoms with Crippen LogP contribution < -0.4 is 11.1 Å². The number of benzene rings is 1. The smallest absolute Gasteiger partial charge is 0.338 e. The third kappa shape index (κ3) is 4.55. The molecule has 0 spiro atoms. The maximum Gasteiger partial charge on any atom is 0.338 e. The van der Waals surface area contributed by atoms with Gasteiger partial charge in [0.15, 0.2) is 6.10 Å². The van der Waals surface area contributed by atoms with Crippen LogP contribution in [0.2, 0.25) is 5.02 Å². The van der Waals surface area contributed by atoms with Gasteiger partial charge in [0.2, 0.25) is 0 Å². The summed E-state index contributed by atoms with van der Waals surface area (Å²) in [7, 11) is 0. The molecule has 108 valence electrons. The van der Waals surface area contributed by atoms with Gasteiger partial charge in [0.05, 0.1) is 5.56 Å². The Morgan fingerprint density at radius 3 is 2.20 bits per heavy atom. The van der Waals surface area contributed by atoms with Gasteiger partial charge in [0.25, 0.3) is 5.91 Å². The summed E-state index contributed by atoms with van der Waals surface area (Å²) in [5, 5.41) is 2.37. The van der Waals surface area contributed by atoms with Gasteiger partial charge in [-0.15, -0.1) is 0 Å². The van der Waals surface area contributed by atoms with Crippen LogP contribution >= 0.6 is 11.6 Å². The molecule has 0 heterocycles. The van der Waals surface area contributed by atoms with Crippen molar-refractivity contribution in [2.24, 2.45) is 11.7 Å². The number of imide groups is 1. The van der Waals surface area contributed by atoms with Gasteiger partial charge in [0.1, 0.15) is 0 Å². The van der Waals surface area contributed by atoms with Gasteiger partial charge in [-0.1, -0.05) is 25.4 Å². The quantitative estimate of drug-likeness (QED) is 0.827. The number of nitrogens with one attached hydrogen (secondary N) is 1. The van der Waals surface area contributed by atoms with Crippen LogP contribution in [0.4, 0.5) is 4.79 Å². The zero-order valence-electron chi connectivity index (χ0n) is 11.1. The van der Waals surface area contributed by atoms with Gasteiger partial charge in [-0.3, -0.25) is 10.1 Å². The Morgan fingerprint density at radius 2 is 1.75 bits per heavy atom. The number of halogens is 1. The lowest BCUT2D eigenvalue weighted by Gasteiger charge is -2.19. The Morgan fingerprint density at radius 1 is 1.20 bits per heavy atom. The van der Waals surface area contributed by atoms with Crippen molar-refractivity contribution in [2.75, 3.05) is 0 Å². The average molecular weight is 299 g/mol. The van der Waals surface area contributed by atoms with E-state index in [0.29, 0.717) is 5.02 Å². The van der Waals surface area contributed by atoms with Gasteiger partial charge < -0.3 is 10.5 Å². The normalized spacial score (nSPS) is 11.8. The van der Waals surface area contributed by atoms with Gasteiger partial charge in [-0.25, -0.2) is 9.59 Å². The first-order chi connectivity index (χ1) is 9.31. The van der Waals surface area contributed by atoms with Crippen molar-refractivity contribution in [3.05, 3.63) is 34.9 Å². The highest BCUT2D eigenvalue weighted by molar-refractivity contribution is 6.30. The van der Waals surface area contributed by atoms with E-state index >= 15 is 0 Å². The lowest BCUT2D eigenvalue weighted by Crippen LogP contribution is -2.45. The fraction of sp³-hybridized carbons (Fsp3) is 0.308. The number of amides is 3. The first-order valence-corrected chi connectivity index (χ1v) is 6.26.